The van der Waals surface area contributed by atoms with Crippen molar-refractivity contribution in [1.29, 1.82) is 0 Å². The van der Waals surface area contributed by atoms with Gasteiger partial charge in [-0.15, -0.1) is 11.8 Å². The molecule has 0 aliphatic rings. The molecular formula is C10H15N5S2. The molecule has 0 bridgehead atoms. The second kappa shape index (κ2) is 5.92. The first-order chi connectivity index (χ1) is 8.31. The van der Waals surface area contributed by atoms with E-state index in [4.69, 9.17) is 5.73 Å². The lowest BCUT2D eigenvalue weighted by Crippen LogP contribution is -2.06. The van der Waals surface area contributed by atoms with E-state index in [2.05, 4.69) is 14.8 Å². The molecule has 0 saturated carbocycles. The third kappa shape index (κ3) is 3.13. The van der Waals surface area contributed by atoms with Gasteiger partial charge in [0.05, 0.1) is 4.90 Å². The number of nitrogen functional groups attached to an aromatic ring is 1. The quantitative estimate of drug-likeness (QED) is 0.621. The van der Waals surface area contributed by atoms with E-state index in [-0.39, 0.29) is 0 Å². The van der Waals surface area contributed by atoms with Crippen molar-refractivity contribution in [2.75, 3.05) is 23.9 Å². The van der Waals surface area contributed by atoms with Crippen molar-refractivity contribution >= 4 is 34.1 Å². The Morgan fingerprint density at radius 3 is 3.18 bits per heavy atom. The highest BCUT2D eigenvalue weighted by Crippen LogP contribution is 2.34. The number of aromatic nitrogens is 3. The van der Waals surface area contributed by atoms with Crippen molar-refractivity contribution in [3.05, 3.63) is 18.5 Å². The molecule has 5 nitrogen and oxygen atoms in total. The van der Waals surface area contributed by atoms with Gasteiger partial charge >= 0.3 is 0 Å². The highest BCUT2D eigenvalue weighted by atomic mass is 32.2. The zero-order valence-electron chi connectivity index (χ0n) is 9.59. The summed E-state index contributed by atoms with van der Waals surface area (Å²) in [6.07, 6.45) is 6.80. The van der Waals surface area contributed by atoms with Gasteiger partial charge in [-0.3, -0.25) is 4.68 Å². The smallest absolute Gasteiger partial charge is 0.153 e. The lowest BCUT2D eigenvalue weighted by atomic mass is 10.4. The summed E-state index contributed by atoms with van der Waals surface area (Å²) in [4.78, 5) is 1.05. The fraction of sp³-hybridized carbons (Fsp3) is 0.400. The van der Waals surface area contributed by atoms with Crippen molar-refractivity contribution in [2.45, 2.75) is 17.9 Å². The summed E-state index contributed by atoms with van der Waals surface area (Å²) in [5.41, 5.74) is 5.76. The lowest BCUT2D eigenvalue weighted by Gasteiger charge is -2.05. The third-order valence-corrected chi connectivity index (χ3v) is 4.06. The van der Waals surface area contributed by atoms with Crippen LogP contribution in [0.4, 0.5) is 10.8 Å². The first kappa shape index (κ1) is 12.3. The van der Waals surface area contributed by atoms with Crippen LogP contribution in [0.25, 0.3) is 0 Å². The molecule has 2 aromatic heterocycles. The maximum Gasteiger partial charge on any atom is 0.153 e. The molecule has 0 unspecified atom stereocenters. The van der Waals surface area contributed by atoms with Gasteiger partial charge in [0.2, 0.25) is 0 Å². The molecule has 7 heteroatoms. The van der Waals surface area contributed by atoms with E-state index < -0.39 is 0 Å². The van der Waals surface area contributed by atoms with E-state index in [1.807, 2.05) is 23.2 Å². The number of rotatable bonds is 6. The second-order valence-electron chi connectivity index (χ2n) is 3.48. The van der Waals surface area contributed by atoms with Crippen LogP contribution in [0.5, 0.6) is 0 Å². The second-order valence-corrected chi connectivity index (χ2v) is 5.07. The highest BCUT2D eigenvalue weighted by Gasteiger charge is 2.09. The summed E-state index contributed by atoms with van der Waals surface area (Å²) in [6, 6.07) is 1.93. The molecule has 3 N–H and O–H groups in total. The van der Waals surface area contributed by atoms with Crippen molar-refractivity contribution in [1.82, 2.24) is 14.2 Å². The first-order valence-corrected chi connectivity index (χ1v) is 7.31. The van der Waals surface area contributed by atoms with Crippen LogP contribution in [0.3, 0.4) is 0 Å². The lowest BCUT2D eigenvalue weighted by molar-refractivity contribution is 0.592. The minimum Gasteiger partial charge on any atom is -0.382 e. The molecule has 0 aliphatic carbocycles. The number of aryl methyl sites for hydroxylation is 1. The molecule has 2 aromatic rings. The van der Waals surface area contributed by atoms with Crippen molar-refractivity contribution < 1.29 is 0 Å². The number of nitrogens with zero attached hydrogens (tertiary/aromatic N) is 3. The van der Waals surface area contributed by atoms with E-state index in [0.29, 0.717) is 5.82 Å². The Hall–Kier alpha value is -1.21. The third-order valence-electron chi connectivity index (χ3n) is 2.29. The van der Waals surface area contributed by atoms with Crippen LogP contribution in [0, 0.1) is 0 Å². The normalized spacial score (nSPS) is 10.6. The Morgan fingerprint density at radius 2 is 2.47 bits per heavy atom. The fourth-order valence-electron chi connectivity index (χ4n) is 1.48. The molecule has 0 fully saturated rings. The molecule has 17 heavy (non-hydrogen) atoms. The molecule has 92 valence electrons. The van der Waals surface area contributed by atoms with Crippen LogP contribution in [-0.4, -0.2) is 27.0 Å². The molecule has 0 spiro atoms. The van der Waals surface area contributed by atoms with Gasteiger partial charge in [0, 0.05) is 25.5 Å². The number of anilines is 2. The number of hydrogen-bond acceptors (Lipinski definition) is 6. The molecule has 0 aromatic carbocycles. The summed E-state index contributed by atoms with van der Waals surface area (Å²) >= 11 is 3.05. The Balaban J connectivity index is 1.78. The largest absolute Gasteiger partial charge is 0.382 e. The van der Waals surface area contributed by atoms with Gasteiger partial charge in [-0.05, 0) is 30.3 Å². The van der Waals surface area contributed by atoms with Crippen molar-refractivity contribution in [3.63, 3.8) is 0 Å². The molecule has 0 radical (unpaired) electrons. The van der Waals surface area contributed by atoms with Crippen LogP contribution in [-0.2, 0) is 6.54 Å². The minimum absolute atomic E-state index is 0.622. The molecular weight excluding hydrogens is 254 g/mol. The van der Waals surface area contributed by atoms with Gasteiger partial charge in [0.1, 0.15) is 5.00 Å². The SMILES string of the molecule is CSc1c(N)nsc1NCCCn1cccn1. The van der Waals surface area contributed by atoms with E-state index >= 15 is 0 Å². The summed E-state index contributed by atoms with van der Waals surface area (Å²) < 4.78 is 6.06. The van der Waals surface area contributed by atoms with Gasteiger partial charge in [0.25, 0.3) is 0 Å². The molecule has 0 atom stereocenters. The predicted octanol–water partition coefficient (Wildman–Crippen LogP) is 2.15. The summed E-state index contributed by atoms with van der Waals surface area (Å²) in [5.74, 6) is 0.622. The minimum atomic E-state index is 0.622. The van der Waals surface area contributed by atoms with Crippen LogP contribution in [0.15, 0.2) is 23.4 Å². The topological polar surface area (TPSA) is 68.8 Å². The van der Waals surface area contributed by atoms with Gasteiger partial charge in [0.15, 0.2) is 5.82 Å². The Bertz CT molecular complexity index is 451. The van der Waals surface area contributed by atoms with E-state index in [1.54, 1.807) is 18.0 Å². The summed E-state index contributed by atoms with van der Waals surface area (Å²) in [5, 5.41) is 8.58. The maximum atomic E-state index is 5.76. The zero-order chi connectivity index (χ0) is 12.1. The van der Waals surface area contributed by atoms with Crippen LogP contribution >= 0.6 is 23.3 Å². The van der Waals surface area contributed by atoms with Crippen molar-refractivity contribution in [3.8, 4) is 0 Å². The van der Waals surface area contributed by atoms with Crippen LogP contribution in [0.1, 0.15) is 6.42 Å². The Kier molecular flexibility index (Phi) is 4.27. The van der Waals surface area contributed by atoms with E-state index in [9.17, 15) is 0 Å². The number of hydrogen-bond donors (Lipinski definition) is 2. The van der Waals surface area contributed by atoms with Gasteiger partial charge in [-0.2, -0.15) is 9.47 Å². The Labute approximate surface area is 109 Å². The zero-order valence-corrected chi connectivity index (χ0v) is 11.2. The van der Waals surface area contributed by atoms with Gasteiger partial charge in [-0.1, -0.05) is 0 Å². The molecule has 2 heterocycles. The molecule has 0 amide bonds. The number of thioether (sulfide) groups is 1. The summed E-state index contributed by atoms with van der Waals surface area (Å²) in [6.45, 7) is 1.82. The monoisotopic (exact) mass is 269 g/mol. The van der Waals surface area contributed by atoms with Crippen LogP contribution < -0.4 is 11.1 Å². The van der Waals surface area contributed by atoms with Gasteiger partial charge in [-0.25, -0.2) is 0 Å². The first-order valence-electron chi connectivity index (χ1n) is 5.31. The molecule has 0 saturated heterocycles. The Morgan fingerprint density at radius 1 is 1.59 bits per heavy atom. The maximum absolute atomic E-state index is 5.76. The van der Waals surface area contributed by atoms with Gasteiger partial charge < -0.3 is 11.1 Å². The summed E-state index contributed by atoms with van der Waals surface area (Å²) in [7, 11) is 0. The fourth-order valence-corrected chi connectivity index (χ4v) is 3.05. The van der Waals surface area contributed by atoms with E-state index in [0.717, 1.165) is 29.4 Å². The molecule has 2 rings (SSSR count). The average Bonchev–Trinajstić information content (AvgIpc) is 2.94. The van der Waals surface area contributed by atoms with Crippen LogP contribution in [0.2, 0.25) is 0 Å². The number of nitrogens with two attached hydrogens (primary N) is 1. The van der Waals surface area contributed by atoms with E-state index in [1.165, 1.54) is 11.5 Å². The van der Waals surface area contributed by atoms with Crippen molar-refractivity contribution in [2.24, 2.45) is 0 Å². The molecule has 0 aliphatic heterocycles. The standard InChI is InChI=1S/C10H15N5S2/c1-16-8-9(11)14-17-10(8)12-4-2-6-15-7-3-5-13-15/h3,5,7,12H,2,4,6H2,1H3,(H2,11,14). The average molecular weight is 269 g/mol. The highest BCUT2D eigenvalue weighted by molar-refractivity contribution is 7.99. The number of nitrogens with one attached hydrogen (secondary N) is 1. The predicted molar refractivity (Wildman–Crippen MR) is 73.6 cm³/mol.